The molecular weight excluding hydrogens is 336 g/mol. The molecule has 2 aromatic carbocycles. The fraction of sp³-hybridized carbons (Fsp3) is 0.227. The molecule has 5 heteroatoms. The van der Waals surface area contributed by atoms with Gasteiger partial charge in [0.15, 0.2) is 11.5 Å². The quantitative estimate of drug-likeness (QED) is 0.549. The number of aromatic nitrogens is 3. The van der Waals surface area contributed by atoms with Crippen molar-refractivity contribution in [2.45, 2.75) is 33.2 Å². The van der Waals surface area contributed by atoms with E-state index in [4.69, 9.17) is 4.98 Å². The normalized spacial score (nSPS) is 11.2. The Morgan fingerprint density at radius 3 is 2.70 bits per heavy atom. The summed E-state index contributed by atoms with van der Waals surface area (Å²) in [5, 5.41) is 9.55. The molecule has 0 aliphatic heterocycles. The van der Waals surface area contributed by atoms with Crippen molar-refractivity contribution in [1.82, 2.24) is 14.8 Å². The van der Waals surface area contributed by atoms with Crippen LogP contribution in [-0.4, -0.2) is 20.7 Å². The molecule has 0 unspecified atom stereocenters. The minimum atomic E-state index is -0.165. The zero-order valence-corrected chi connectivity index (χ0v) is 15.6. The number of anilines is 1. The zero-order chi connectivity index (χ0) is 18.8. The number of para-hydroxylation sites is 1. The highest BCUT2D eigenvalue weighted by Gasteiger charge is 2.16. The van der Waals surface area contributed by atoms with E-state index in [0.29, 0.717) is 11.4 Å². The zero-order valence-electron chi connectivity index (χ0n) is 15.6. The van der Waals surface area contributed by atoms with E-state index in [9.17, 15) is 4.79 Å². The van der Waals surface area contributed by atoms with Crippen LogP contribution >= 0.6 is 0 Å². The van der Waals surface area contributed by atoms with Crippen LogP contribution < -0.4 is 5.32 Å². The highest BCUT2D eigenvalue weighted by molar-refractivity contribution is 6.09. The maximum Gasteiger partial charge on any atom is 0.256 e. The number of hydrogen-bond acceptors (Lipinski definition) is 3. The summed E-state index contributed by atoms with van der Waals surface area (Å²) in [5.41, 5.74) is 3.53. The van der Waals surface area contributed by atoms with E-state index in [-0.39, 0.29) is 5.91 Å². The van der Waals surface area contributed by atoms with Crippen molar-refractivity contribution >= 4 is 33.7 Å². The average molecular weight is 358 g/mol. The van der Waals surface area contributed by atoms with Crippen LogP contribution in [-0.2, 0) is 6.54 Å². The second kappa shape index (κ2) is 7.19. The molecule has 4 rings (SSSR count). The molecular formula is C22H22N4O. The van der Waals surface area contributed by atoms with Crippen molar-refractivity contribution in [2.24, 2.45) is 0 Å². The van der Waals surface area contributed by atoms with Crippen molar-refractivity contribution in [2.75, 3.05) is 5.32 Å². The molecule has 0 saturated carbocycles. The molecule has 0 aliphatic carbocycles. The van der Waals surface area contributed by atoms with Crippen LogP contribution in [0.4, 0.5) is 5.82 Å². The summed E-state index contributed by atoms with van der Waals surface area (Å²) in [6.45, 7) is 4.99. The highest BCUT2D eigenvalue weighted by atomic mass is 16.1. The molecule has 0 fully saturated rings. The standard InChI is InChI=1S/C22H22N4O/c1-3-4-13-26-21-18(14-17-12-8-9-15(2)19(17)23-21)20(25-26)24-22(27)16-10-6-5-7-11-16/h5-12,14H,3-4,13H2,1-2H3,(H,24,25,27). The number of pyridine rings is 1. The van der Waals surface area contributed by atoms with Crippen LogP contribution in [0.1, 0.15) is 35.7 Å². The molecule has 0 aliphatic rings. The van der Waals surface area contributed by atoms with Crippen molar-refractivity contribution in [3.05, 3.63) is 65.7 Å². The van der Waals surface area contributed by atoms with Gasteiger partial charge in [0.2, 0.25) is 0 Å². The smallest absolute Gasteiger partial charge is 0.256 e. The first kappa shape index (κ1) is 17.2. The van der Waals surface area contributed by atoms with Crippen LogP contribution in [0, 0.1) is 6.92 Å². The minimum absolute atomic E-state index is 0.165. The summed E-state index contributed by atoms with van der Waals surface area (Å²) >= 11 is 0. The maximum atomic E-state index is 12.6. The molecule has 0 atom stereocenters. The Kier molecular flexibility index (Phi) is 4.59. The Hall–Kier alpha value is -3.21. The first-order valence-electron chi connectivity index (χ1n) is 9.30. The van der Waals surface area contributed by atoms with E-state index in [2.05, 4.69) is 36.4 Å². The summed E-state index contributed by atoms with van der Waals surface area (Å²) < 4.78 is 1.91. The Labute approximate surface area is 158 Å². The lowest BCUT2D eigenvalue weighted by Crippen LogP contribution is -2.12. The fourth-order valence-corrected chi connectivity index (χ4v) is 3.26. The van der Waals surface area contributed by atoms with Gasteiger partial charge in [0, 0.05) is 17.5 Å². The Morgan fingerprint density at radius 1 is 1.11 bits per heavy atom. The molecule has 136 valence electrons. The molecule has 2 aromatic heterocycles. The number of carbonyl (C=O) groups is 1. The number of nitrogens with one attached hydrogen (secondary N) is 1. The van der Waals surface area contributed by atoms with E-state index in [1.54, 1.807) is 12.1 Å². The van der Waals surface area contributed by atoms with Crippen LogP contribution in [0.2, 0.25) is 0 Å². The number of nitrogens with zero attached hydrogens (tertiary/aromatic N) is 3. The van der Waals surface area contributed by atoms with Crippen LogP contribution in [0.15, 0.2) is 54.6 Å². The summed E-state index contributed by atoms with van der Waals surface area (Å²) in [4.78, 5) is 17.5. The van der Waals surface area contributed by atoms with Crippen molar-refractivity contribution in [3.8, 4) is 0 Å². The third-order valence-electron chi connectivity index (χ3n) is 4.74. The average Bonchev–Trinajstić information content (AvgIpc) is 3.02. The Morgan fingerprint density at radius 2 is 1.93 bits per heavy atom. The van der Waals surface area contributed by atoms with Gasteiger partial charge in [-0.05, 0) is 37.1 Å². The van der Waals surface area contributed by atoms with E-state index in [1.807, 2.05) is 35.0 Å². The summed E-state index contributed by atoms with van der Waals surface area (Å²) in [6.07, 6.45) is 2.08. The van der Waals surface area contributed by atoms with Crippen molar-refractivity contribution < 1.29 is 4.79 Å². The van der Waals surface area contributed by atoms with Gasteiger partial charge in [-0.15, -0.1) is 0 Å². The molecule has 0 bridgehead atoms. The summed E-state index contributed by atoms with van der Waals surface area (Å²) in [6, 6.07) is 17.4. The lowest BCUT2D eigenvalue weighted by atomic mass is 10.1. The Balaban J connectivity index is 1.83. The topological polar surface area (TPSA) is 59.8 Å². The molecule has 4 aromatic rings. The SMILES string of the molecule is CCCCn1nc(NC(=O)c2ccccc2)c2cc3cccc(C)c3nc21. The van der Waals surface area contributed by atoms with Gasteiger partial charge in [-0.1, -0.05) is 49.7 Å². The molecule has 0 radical (unpaired) electrons. The monoisotopic (exact) mass is 358 g/mol. The lowest BCUT2D eigenvalue weighted by molar-refractivity contribution is 0.102. The molecule has 5 nitrogen and oxygen atoms in total. The number of carbonyl (C=O) groups excluding carboxylic acids is 1. The number of benzene rings is 2. The molecule has 1 amide bonds. The first-order valence-corrected chi connectivity index (χ1v) is 9.30. The van der Waals surface area contributed by atoms with Gasteiger partial charge in [-0.3, -0.25) is 4.79 Å². The maximum absolute atomic E-state index is 12.6. The number of unbranched alkanes of at least 4 members (excludes halogenated alkanes) is 1. The fourth-order valence-electron chi connectivity index (χ4n) is 3.26. The third kappa shape index (κ3) is 3.28. The summed E-state index contributed by atoms with van der Waals surface area (Å²) in [7, 11) is 0. The van der Waals surface area contributed by atoms with Gasteiger partial charge >= 0.3 is 0 Å². The predicted molar refractivity (Wildman–Crippen MR) is 109 cm³/mol. The van der Waals surface area contributed by atoms with E-state index in [0.717, 1.165) is 46.9 Å². The van der Waals surface area contributed by atoms with Gasteiger partial charge in [0.25, 0.3) is 5.91 Å². The first-order chi connectivity index (χ1) is 13.2. The number of hydrogen-bond donors (Lipinski definition) is 1. The lowest BCUT2D eigenvalue weighted by Gasteiger charge is -2.04. The van der Waals surface area contributed by atoms with E-state index >= 15 is 0 Å². The minimum Gasteiger partial charge on any atom is -0.305 e. The predicted octanol–water partition coefficient (Wildman–Crippen LogP) is 4.95. The van der Waals surface area contributed by atoms with Gasteiger partial charge in [0.1, 0.15) is 0 Å². The molecule has 0 spiro atoms. The number of rotatable bonds is 5. The number of aryl methyl sites for hydroxylation is 2. The van der Waals surface area contributed by atoms with Crippen molar-refractivity contribution in [1.29, 1.82) is 0 Å². The summed E-state index contributed by atoms with van der Waals surface area (Å²) in [5.74, 6) is 0.396. The van der Waals surface area contributed by atoms with Gasteiger partial charge < -0.3 is 5.32 Å². The number of amides is 1. The molecule has 0 saturated heterocycles. The second-order valence-electron chi connectivity index (χ2n) is 6.75. The third-order valence-corrected chi connectivity index (χ3v) is 4.74. The van der Waals surface area contributed by atoms with Crippen LogP contribution in [0.5, 0.6) is 0 Å². The highest BCUT2D eigenvalue weighted by Crippen LogP contribution is 2.28. The van der Waals surface area contributed by atoms with Gasteiger partial charge in [0.05, 0.1) is 10.9 Å². The second-order valence-corrected chi connectivity index (χ2v) is 6.75. The van der Waals surface area contributed by atoms with Crippen LogP contribution in [0.3, 0.4) is 0 Å². The van der Waals surface area contributed by atoms with Crippen molar-refractivity contribution in [3.63, 3.8) is 0 Å². The molecule has 2 heterocycles. The van der Waals surface area contributed by atoms with Crippen LogP contribution in [0.25, 0.3) is 21.9 Å². The Bertz CT molecular complexity index is 1120. The molecule has 1 N–H and O–H groups in total. The number of fused-ring (bicyclic) bond motifs is 2. The van der Waals surface area contributed by atoms with E-state index in [1.165, 1.54) is 0 Å². The molecule has 27 heavy (non-hydrogen) atoms. The van der Waals surface area contributed by atoms with Gasteiger partial charge in [-0.25, -0.2) is 9.67 Å². The van der Waals surface area contributed by atoms with Gasteiger partial charge in [-0.2, -0.15) is 5.10 Å². The largest absolute Gasteiger partial charge is 0.305 e. The van der Waals surface area contributed by atoms with E-state index < -0.39 is 0 Å².